The van der Waals surface area contributed by atoms with E-state index < -0.39 is 5.97 Å². The van der Waals surface area contributed by atoms with Gasteiger partial charge in [-0.15, -0.1) is 5.10 Å². The van der Waals surface area contributed by atoms with Gasteiger partial charge < -0.3 is 9.84 Å². The molecule has 2 aliphatic rings. The van der Waals surface area contributed by atoms with E-state index in [-0.39, 0.29) is 12.3 Å². The third kappa shape index (κ3) is 2.25. The number of aromatic carboxylic acids is 1. The molecule has 0 aromatic carbocycles. The van der Waals surface area contributed by atoms with E-state index in [2.05, 4.69) is 10.3 Å². The van der Waals surface area contributed by atoms with Crippen LogP contribution in [0, 0.1) is 17.8 Å². The van der Waals surface area contributed by atoms with Crippen molar-refractivity contribution in [2.75, 3.05) is 7.11 Å². The van der Waals surface area contributed by atoms with Crippen LogP contribution in [0.5, 0.6) is 0 Å². The fraction of sp³-hybridized carbons (Fsp3) is 0.769. The molecule has 0 radical (unpaired) electrons. The lowest BCUT2D eigenvalue weighted by Gasteiger charge is -2.21. The average Bonchev–Trinajstić information content (AvgIpc) is 3.06. The summed E-state index contributed by atoms with van der Waals surface area (Å²) in [5, 5.41) is 16.9. The fourth-order valence-corrected chi connectivity index (χ4v) is 3.75. The molecule has 3 rings (SSSR count). The van der Waals surface area contributed by atoms with Crippen molar-refractivity contribution in [3.8, 4) is 0 Å². The van der Waals surface area contributed by atoms with Crippen LogP contribution in [0.15, 0.2) is 0 Å². The average molecular weight is 265 g/mol. The van der Waals surface area contributed by atoms with Crippen LogP contribution in [0.1, 0.15) is 41.9 Å². The molecule has 2 fully saturated rings. The van der Waals surface area contributed by atoms with Crippen LogP contribution in [0.25, 0.3) is 0 Å². The van der Waals surface area contributed by atoms with Crippen LogP contribution in [-0.4, -0.2) is 33.2 Å². The van der Waals surface area contributed by atoms with Gasteiger partial charge in [-0.3, -0.25) is 0 Å². The molecular weight excluding hydrogens is 246 g/mol. The van der Waals surface area contributed by atoms with E-state index in [4.69, 9.17) is 9.84 Å². The summed E-state index contributed by atoms with van der Waals surface area (Å²) in [5.41, 5.74) is 0.600. The van der Waals surface area contributed by atoms with Crippen molar-refractivity contribution < 1.29 is 14.6 Å². The molecule has 19 heavy (non-hydrogen) atoms. The SMILES string of the molecule is COCc1c(C(=O)O)nnn1CC1CC2CCC1C2. The number of ether oxygens (including phenoxy) is 1. The van der Waals surface area contributed by atoms with Gasteiger partial charge in [-0.2, -0.15) is 0 Å². The van der Waals surface area contributed by atoms with Crippen LogP contribution in [-0.2, 0) is 17.9 Å². The Hall–Kier alpha value is -1.43. The number of carboxylic acid groups (broad SMARTS) is 1. The smallest absolute Gasteiger partial charge is 0.358 e. The van der Waals surface area contributed by atoms with Gasteiger partial charge in [0.15, 0.2) is 5.69 Å². The van der Waals surface area contributed by atoms with Gasteiger partial charge in [-0.1, -0.05) is 11.6 Å². The lowest BCUT2D eigenvalue weighted by atomic mass is 9.89. The number of hydrogen-bond acceptors (Lipinski definition) is 4. The molecule has 2 saturated carbocycles. The first-order valence-electron chi connectivity index (χ1n) is 6.83. The van der Waals surface area contributed by atoms with Gasteiger partial charge in [0.25, 0.3) is 0 Å². The third-order valence-electron chi connectivity index (χ3n) is 4.61. The summed E-state index contributed by atoms with van der Waals surface area (Å²) in [7, 11) is 1.56. The molecule has 2 bridgehead atoms. The molecule has 0 saturated heterocycles. The van der Waals surface area contributed by atoms with E-state index in [1.807, 2.05) is 0 Å². The summed E-state index contributed by atoms with van der Waals surface area (Å²) >= 11 is 0. The minimum Gasteiger partial charge on any atom is -0.476 e. The van der Waals surface area contributed by atoms with Gasteiger partial charge in [0, 0.05) is 13.7 Å². The van der Waals surface area contributed by atoms with E-state index in [0.29, 0.717) is 11.6 Å². The lowest BCUT2D eigenvalue weighted by Crippen LogP contribution is -2.20. The minimum absolute atomic E-state index is 0.0185. The van der Waals surface area contributed by atoms with Crippen molar-refractivity contribution >= 4 is 5.97 Å². The fourth-order valence-electron chi connectivity index (χ4n) is 3.75. The number of methoxy groups -OCH3 is 1. The molecule has 1 heterocycles. The Balaban J connectivity index is 1.78. The minimum atomic E-state index is -1.04. The Labute approximate surface area is 111 Å². The maximum Gasteiger partial charge on any atom is 0.358 e. The summed E-state index contributed by atoms with van der Waals surface area (Å²) in [6.45, 7) is 1.02. The van der Waals surface area contributed by atoms with Crippen molar-refractivity contribution in [3.05, 3.63) is 11.4 Å². The Morgan fingerprint density at radius 1 is 1.47 bits per heavy atom. The molecule has 0 spiro atoms. The highest BCUT2D eigenvalue weighted by Crippen LogP contribution is 2.48. The molecular formula is C13H19N3O3. The Morgan fingerprint density at radius 3 is 2.89 bits per heavy atom. The molecule has 6 heteroatoms. The van der Waals surface area contributed by atoms with Crippen LogP contribution >= 0.6 is 0 Å². The molecule has 0 aliphatic heterocycles. The molecule has 6 nitrogen and oxygen atoms in total. The van der Waals surface area contributed by atoms with E-state index in [1.165, 1.54) is 25.7 Å². The number of fused-ring (bicyclic) bond motifs is 2. The van der Waals surface area contributed by atoms with Crippen LogP contribution in [0.3, 0.4) is 0 Å². The predicted octanol–water partition coefficient (Wildman–Crippen LogP) is 1.56. The van der Waals surface area contributed by atoms with E-state index in [1.54, 1.807) is 11.8 Å². The van der Waals surface area contributed by atoms with Crippen molar-refractivity contribution in [3.63, 3.8) is 0 Å². The molecule has 1 aromatic rings. The summed E-state index contributed by atoms with van der Waals surface area (Å²) < 4.78 is 6.81. The monoisotopic (exact) mass is 265 g/mol. The number of hydrogen-bond donors (Lipinski definition) is 1. The first-order chi connectivity index (χ1) is 9.19. The van der Waals surface area contributed by atoms with Crippen molar-refractivity contribution in [2.45, 2.75) is 38.8 Å². The topological polar surface area (TPSA) is 77.2 Å². The molecule has 104 valence electrons. The number of carboxylic acids is 1. The highest BCUT2D eigenvalue weighted by Gasteiger charge is 2.40. The molecule has 2 aliphatic carbocycles. The predicted molar refractivity (Wildman–Crippen MR) is 66.6 cm³/mol. The van der Waals surface area contributed by atoms with Crippen molar-refractivity contribution in [1.29, 1.82) is 0 Å². The normalized spacial score (nSPS) is 29.0. The molecule has 0 amide bonds. The summed E-state index contributed by atoms with van der Waals surface area (Å²) in [6.07, 6.45) is 5.27. The second kappa shape index (κ2) is 4.92. The summed E-state index contributed by atoms with van der Waals surface area (Å²) in [5.74, 6) is 1.25. The second-order valence-electron chi connectivity index (χ2n) is 5.74. The first-order valence-corrected chi connectivity index (χ1v) is 6.83. The van der Waals surface area contributed by atoms with E-state index in [0.717, 1.165) is 18.4 Å². The summed E-state index contributed by atoms with van der Waals surface area (Å²) in [6, 6.07) is 0. The molecule has 3 unspecified atom stereocenters. The van der Waals surface area contributed by atoms with E-state index in [9.17, 15) is 4.79 Å². The number of nitrogens with zero attached hydrogens (tertiary/aromatic N) is 3. The number of rotatable bonds is 5. The summed E-state index contributed by atoms with van der Waals surface area (Å²) in [4.78, 5) is 11.1. The Morgan fingerprint density at radius 2 is 2.32 bits per heavy atom. The second-order valence-corrected chi connectivity index (χ2v) is 5.74. The van der Waals surface area contributed by atoms with Gasteiger partial charge in [0.1, 0.15) is 0 Å². The largest absolute Gasteiger partial charge is 0.476 e. The standard InChI is InChI=1S/C13H19N3O3/c1-19-7-11-12(13(17)18)14-15-16(11)6-10-5-8-2-3-9(10)4-8/h8-10H,2-7H2,1H3,(H,17,18). The zero-order valence-corrected chi connectivity index (χ0v) is 11.1. The molecule has 1 N–H and O–H groups in total. The highest BCUT2D eigenvalue weighted by molar-refractivity contribution is 5.86. The van der Waals surface area contributed by atoms with Crippen LogP contribution in [0.4, 0.5) is 0 Å². The van der Waals surface area contributed by atoms with Crippen molar-refractivity contribution in [2.24, 2.45) is 17.8 Å². The van der Waals surface area contributed by atoms with Crippen LogP contribution in [0.2, 0.25) is 0 Å². The van der Waals surface area contributed by atoms with Gasteiger partial charge in [0.2, 0.25) is 0 Å². The van der Waals surface area contributed by atoms with Gasteiger partial charge in [0.05, 0.1) is 12.3 Å². The zero-order valence-electron chi connectivity index (χ0n) is 11.1. The lowest BCUT2D eigenvalue weighted by molar-refractivity contribution is 0.0684. The van der Waals surface area contributed by atoms with E-state index >= 15 is 0 Å². The van der Waals surface area contributed by atoms with Crippen LogP contribution < -0.4 is 0 Å². The van der Waals surface area contributed by atoms with Gasteiger partial charge >= 0.3 is 5.97 Å². The zero-order chi connectivity index (χ0) is 13.4. The number of aromatic nitrogens is 3. The quantitative estimate of drug-likeness (QED) is 0.874. The third-order valence-corrected chi connectivity index (χ3v) is 4.61. The Bertz CT molecular complexity index is 485. The number of carbonyl (C=O) groups is 1. The van der Waals surface area contributed by atoms with Gasteiger partial charge in [-0.05, 0) is 37.0 Å². The maximum absolute atomic E-state index is 11.1. The Kier molecular flexibility index (Phi) is 3.26. The first kappa shape index (κ1) is 12.6. The molecule has 1 aromatic heterocycles. The van der Waals surface area contributed by atoms with Gasteiger partial charge in [-0.25, -0.2) is 9.48 Å². The molecule has 3 atom stereocenters. The maximum atomic E-state index is 11.1. The van der Waals surface area contributed by atoms with Crippen molar-refractivity contribution in [1.82, 2.24) is 15.0 Å². The highest BCUT2D eigenvalue weighted by atomic mass is 16.5.